The molecule has 0 aliphatic carbocycles. The molecule has 0 fully saturated rings. The molecule has 0 saturated carbocycles. The van der Waals surface area contributed by atoms with Crippen molar-refractivity contribution in [1.29, 1.82) is 0 Å². The Morgan fingerprint density at radius 3 is 2.20 bits per heavy atom. The van der Waals surface area contributed by atoms with Crippen LogP contribution in [0.2, 0.25) is 0 Å². The highest BCUT2D eigenvalue weighted by Gasteiger charge is 2.10. The number of hydrogen-bond donors (Lipinski definition) is 1. The SMILES string of the molecule is COc1ccc(C(N)=S)c(Oc2cc(C)cc(C)c2)c1. The third-order valence-corrected chi connectivity index (χ3v) is 3.10. The van der Waals surface area contributed by atoms with Crippen LogP contribution in [0, 0.1) is 13.8 Å². The fourth-order valence-electron chi connectivity index (χ4n) is 2.04. The maximum atomic E-state index is 5.93. The highest BCUT2D eigenvalue weighted by Crippen LogP contribution is 2.30. The first-order valence-electron chi connectivity index (χ1n) is 6.23. The Kier molecular flexibility index (Phi) is 4.25. The molecule has 0 bridgehead atoms. The van der Waals surface area contributed by atoms with Gasteiger partial charge < -0.3 is 15.2 Å². The van der Waals surface area contributed by atoms with Crippen LogP contribution in [0.3, 0.4) is 0 Å². The van der Waals surface area contributed by atoms with Crippen LogP contribution in [0.5, 0.6) is 17.2 Å². The van der Waals surface area contributed by atoms with Gasteiger partial charge in [0, 0.05) is 6.07 Å². The lowest BCUT2D eigenvalue weighted by atomic mass is 10.1. The molecular weight excluding hydrogens is 270 g/mol. The summed E-state index contributed by atoms with van der Waals surface area (Å²) in [5.41, 5.74) is 8.70. The third kappa shape index (κ3) is 3.27. The van der Waals surface area contributed by atoms with Crippen LogP contribution in [0.4, 0.5) is 0 Å². The molecule has 2 aromatic carbocycles. The summed E-state index contributed by atoms with van der Waals surface area (Å²) in [6, 6.07) is 11.4. The van der Waals surface area contributed by atoms with E-state index in [0.29, 0.717) is 22.1 Å². The van der Waals surface area contributed by atoms with E-state index >= 15 is 0 Å². The van der Waals surface area contributed by atoms with E-state index in [-0.39, 0.29) is 0 Å². The maximum absolute atomic E-state index is 5.93. The third-order valence-electron chi connectivity index (χ3n) is 2.88. The van der Waals surface area contributed by atoms with E-state index in [1.165, 1.54) is 0 Å². The second kappa shape index (κ2) is 5.92. The second-order valence-corrected chi connectivity index (χ2v) is 5.09. The molecule has 2 rings (SSSR count). The van der Waals surface area contributed by atoms with Crippen LogP contribution in [0.15, 0.2) is 36.4 Å². The molecule has 0 atom stereocenters. The van der Waals surface area contributed by atoms with Gasteiger partial charge in [-0.3, -0.25) is 0 Å². The first-order chi connectivity index (χ1) is 9.49. The summed E-state index contributed by atoms with van der Waals surface area (Å²) in [6.45, 7) is 4.06. The van der Waals surface area contributed by atoms with Gasteiger partial charge in [0.1, 0.15) is 22.2 Å². The Morgan fingerprint density at radius 2 is 1.65 bits per heavy atom. The summed E-state index contributed by atoms with van der Waals surface area (Å²) in [4.78, 5) is 0.298. The Bertz CT molecular complexity index is 633. The van der Waals surface area contributed by atoms with Crippen molar-refractivity contribution in [2.24, 2.45) is 5.73 Å². The number of hydrogen-bond acceptors (Lipinski definition) is 3. The topological polar surface area (TPSA) is 44.5 Å². The molecule has 20 heavy (non-hydrogen) atoms. The van der Waals surface area contributed by atoms with E-state index in [9.17, 15) is 0 Å². The van der Waals surface area contributed by atoms with Crippen molar-refractivity contribution in [3.05, 3.63) is 53.1 Å². The molecule has 0 aliphatic rings. The number of ether oxygens (including phenoxy) is 2. The molecule has 2 N–H and O–H groups in total. The summed E-state index contributed by atoms with van der Waals surface area (Å²) >= 11 is 5.05. The van der Waals surface area contributed by atoms with Crippen LogP contribution in [-0.2, 0) is 0 Å². The Balaban J connectivity index is 2.42. The van der Waals surface area contributed by atoms with E-state index in [1.54, 1.807) is 19.2 Å². The van der Waals surface area contributed by atoms with Crippen molar-refractivity contribution in [2.45, 2.75) is 13.8 Å². The van der Waals surface area contributed by atoms with Crippen molar-refractivity contribution < 1.29 is 9.47 Å². The standard InChI is InChI=1S/C16H17NO2S/c1-10-6-11(2)8-13(7-10)19-15-9-12(18-3)4-5-14(15)16(17)20/h4-9H,1-3H3,(H2,17,20). The molecule has 0 aromatic heterocycles. The van der Waals surface area contributed by atoms with Crippen LogP contribution in [-0.4, -0.2) is 12.1 Å². The summed E-state index contributed by atoms with van der Waals surface area (Å²) in [5, 5.41) is 0. The van der Waals surface area contributed by atoms with Gasteiger partial charge in [-0.05, 0) is 49.2 Å². The minimum atomic E-state index is 0.298. The van der Waals surface area contributed by atoms with Crippen LogP contribution in [0.25, 0.3) is 0 Å². The fraction of sp³-hybridized carbons (Fsp3) is 0.188. The molecular formula is C16H17NO2S. The average Bonchev–Trinajstić information content (AvgIpc) is 2.37. The predicted molar refractivity (Wildman–Crippen MR) is 84.9 cm³/mol. The average molecular weight is 287 g/mol. The molecule has 104 valence electrons. The molecule has 0 unspecified atom stereocenters. The van der Waals surface area contributed by atoms with Crippen molar-refractivity contribution in [3.63, 3.8) is 0 Å². The van der Waals surface area contributed by atoms with Crippen molar-refractivity contribution in [2.75, 3.05) is 7.11 Å². The predicted octanol–water partition coefficient (Wildman–Crippen LogP) is 3.74. The zero-order valence-corrected chi connectivity index (χ0v) is 12.6. The minimum absolute atomic E-state index is 0.298. The van der Waals surface area contributed by atoms with Crippen LogP contribution in [0.1, 0.15) is 16.7 Å². The van der Waals surface area contributed by atoms with Gasteiger partial charge in [0.2, 0.25) is 0 Å². The lowest BCUT2D eigenvalue weighted by Crippen LogP contribution is -2.10. The first-order valence-corrected chi connectivity index (χ1v) is 6.64. The molecule has 0 saturated heterocycles. The smallest absolute Gasteiger partial charge is 0.141 e. The molecule has 0 heterocycles. The van der Waals surface area contributed by atoms with Gasteiger partial charge in [0.25, 0.3) is 0 Å². The normalized spacial score (nSPS) is 10.2. The van der Waals surface area contributed by atoms with Gasteiger partial charge in [-0.2, -0.15) is 0 Å². The van der Waals surface area contributed by atoms with Gasteiger partial charge in [-0.25, -0.2) is 0 Å². The molecule has 3 nitrogen and oxygen atoms in total. The number of benzene rings is 2. The quantitative estimate of drug-likeness (QED) is 0.870. The first kappa shape index (κ1) is 14.3. The van der Waals surface area contributed by atoms with E-state index in [2.05, 4.69) is 6.07 Å². The van der Waals surface area contributed by atoms with Crippen LogP contribution >= 0.6 is 12.2 Å². The van der Waals surface area contributed by atoms with E-state index in [0.717, 1.165) is 16.9 Å². The molecule has 0 aliphatic heterocycles. The number of rotatable bonds is 4. The summed E-state index contributed by atoms with van der Waals surface area (Å²) in [7, 11) is 1.61. The summed E-state index contributed by atoms with van der Waals surface area (Å²) < 4.78 is 11.1. The highest BCUT2D eigenvalue weighted by atomic mass is 32.1. The zero-order chi connectivity index (χ0) is 14.7. The summed E-state index contributed by atoms with van der Waals surface area (Å²) in [6.07, 6.45) is 0. The maximum Gasteiger partial charge on any atom is 0.141 e. The molecule has 0 amide bonds. The highest BCUT2D eigenvalue weighted by molar-refractivity contribution is 7.80. The van der Waals surface area contributed by atoms with Crippen molar-refractivity contribution >= 4 is 17.2 Å². The van der Waals surface area contributed by atoms with Crippen molar-refractivity contribution in [3.8, 4) is 17.2 Å². The van der Waals surface area contributed by atoms with E-state index < -0.39 is 0 Å². The Hall–Kier alpha value is -2.07. The van der Waals surface area contributed by atoms with E-state index in [1.807, 2.05) is 32.0 Å². The van der Waals surface area contributed by atoms with E-state index in [4.69, 9.17) is 27.4 Å². The zero-order valence-electron chi connectivity index (χ0n) is 11.8. The Morgan fingerprint density at radius 1 is 1.00 bits per heavy atom. The lowest BCUT2D eigenvalue weighted by Gasteiger charge is -2.13. The monoisotopic (exact) mass is 287 g/mol. The van der Waals surface area contributed by atoms with Gasteiger partial charge in [-0.15, -0.1) is 0 Å². The van der Waals surface area contributed by atoms with Gasteiger partial charge in [0.05, 0.1) is 12.7 Å². The molecule has 2 aromatic rings. The summed E-state index contributed by atoms with van der Waals surface area (Å²) in [5.74, 6) is 2.06. The molecule has 0 spiro atoms. The molecule has 0 radical (unpaired) electrons. The van der Waals surface area contributed by atoms with Crippen molar-refractivity contribution in [1.82, 2.24) is 0 Å². The number of nitrogens with two attached hydrogens (primary N) is 1. The number of aryl methyl sites for hydroxylation is 2. The number of thiocarbonyl (C=S) groups is 1. The largest absolute Gasteiger partial charge is 0.497 e. The number of methoxy groups -OCH3 is 1. The van der Waals surface area contributed by atoms with Gasteiger partial charge in [0.15, 0.2) is 0 Å². The minimum Gasteiger partial charge on any atom is -0.497 e. The fourth-order valence-corrected chi connectivity index (χ4v) is 2.21. The van der Waals surface area contributed by atoms with Crippen LogP contribution < -0.4 is 15.2 Å². The Labute approximate surface area is 124 Å². The molecule has 4 heteroatoms. The van der Waals surface area contributed by atoms with Gasteiger partial charge in [-0.1, -0.05) is 18.3 Å². The lowest BCUT2D eigenvalue weighted by molar-refractivity contribution is 0.409. The second-order valence-electron chi connectivity index (χ2n) is 4.65. The van der Waals surface area contributed by atoms with Gasteiger partial charge >= 0.3 is 0 Å².